The summed E-state index contributed by atoms with van der Waals surface area (Å²) in [5.74, 6) is 0. The van der Waals surface area contributed by atoms with Crippen LogP contribution in [0.15, 0.2) is 16.6 Å². The molecule has 1 aliphatic carbocycles. The van der Waals surface area contributed by atoms with Crippen molar-refractivity contribution in [3.8, 4) is 0 Å². The Hall–Kier alpha value is -0.670. The van der Waals surface area contributed by atoms with Crippen LogP contribution in [0, 0.1) is 0 Å². The van der Waals surface area contributed by atoms with Gasteiger partial charge < -0.3 is 0 Å². The molecule has 17 heavy (non-hydrogen) atoms. The van der Waals surface area contributed by atoms with E-state index in [1.807, 2.05) is 12.1 Å². The summed E-state index contributed by atoms with van der Waals surface area (Å²) in [7, 11) is 0. The molecule has 0 N–H and O–H groups in total. The lowest BCUT2D eigenvalue weighted by Gasteiger charge is -2.20. The Morgan fingerprint density at radius 2 is 2.06 bits per heavy atom. The van der Waals surface area contributed by atoms with Crippen LogP contribution in [-0.4, -0.2) is 10.2 Å². The summed E-state index contributed by atoms with van der Waals surface area (Å²) in [5.41, 5.74) is 3.52. The highest BCUT2D eigenvalue weighted by Gasteiger charge is 2.33. The molecule has 0 unspecified atom stereocenters. The van der Waals surface area contributed by atoms with E-state index in [0.717, 1.165) is 38.9 Å². The number of aryl methyl sites for hydroxylation is 1. The van der Waals surface area contributed by atoms with Crippen molar-refractivity contribution in [2.75, 3.05) is 0 Å². The molecule has 1 heterocycles. The van der Waals surface area contributed by atoms with Gasteiger partial charge in [-0.3, -0.25) is 0 Å². The van der Waals surface area contributed by atoms with Crippen molar-refractivity contribution < 1.29 is 0 Å². The first kappa shape index (κ1) is 11.4. The van der Waals surface area contributed by atoms with Gasteiger partial charge in [-0.2, -0.15) is 10.2 Å². The molecule has 0 saturated carbocycles. The molecule has 1 aliphatic rings. The van der Waals surface area contributed by atoms with Crippen LogP contribution in [0.1, 0.15) is 31.5 Å². The number of benzene rings is 1. The molecule has 2 aromatic rings. The topological polar surface area (TPSA) is 25.8 Å². The van der Waals surface area contributed by atoms with Gasteiger partial charge in [-0.15, -0.1) is 0 Å². The van der Waals surface area contributed by atoms with Gasteiger partial charge in [0.1, 0.15) is 0 Å². The van der Waals surface area contributed by atoms with Crippen molar-refractivity contribution in [3.63, 3.8) is 0 Å². The van der Waals surface area contributed by atoms with Gasteiger partial charge in [0.2, 0.25) is 0 Å². The van der Waals surface area contributed by atoms with Gasteiger partial charge in [0.25, 0.3) is 0 Å². The maximum absolute atomic E-state index is 6.19. The molecule has 0 spiro atoms. The minimum Gasteiger partial charge on any atom is -0.155 e. The summed E-state index contributed by atoms with van der Waals surface area (Å²) in [5, 5.41) is 10.5. The predicted molar refractivity (Wildman–Crippen MR) is 73.6 cm³/mol. The van der Waals surface area contributed by atoms with Gasteiger partial charge in [-0.1, -0.05) is 25.4 Å². The number of hydrogen-bond acceptors (Lipinski definition) is 2. The van der Waals surface area contributed by atoms with Gasteiger partial charge in [0.15, 0.2) is 0 Å². The standard InChI is InChI=1S/C13H12BrClN2/c1-13(2)4-3-10-12(13)7-5-9(15)8(14)6-11(7)17-16-10/h5-6H,3-4H2,1-2H3. The van der Waals surface area contributed by atoms with Crippen LogP contribution in [0.5, 0.6) is 0 Å². The van der Waals surface area contributed by atoms with Crippen LogP contribution in [0.4, 0.5) is 0 Å². The SMILES string of the molecule is CC1(C)CCc2nnc3cc(Br)c(Cl)cc3c21. The summed E-state index contributed by atoms with van der Waals surface area (Å²) in [4.78, 5) is 0. The van der Waals surface area contributed by atoms with E-state index >= 15 is 0 Å². The van der Waals surface area contributed by atoms with E-state index in [4.69, 9.17) is 11.6 Å². The van der Waals surface area contributed by atoms with Crippen LogP contribution in [0.25, 0.3) is 10.9 Å². The maximum atomic E-state index is 6.19. The fourth-order valence-electron chi connectivity index (χ4n) is 2.63. The molecule has 0 atom stereocenters. The summed E-state index contributed by atoms with van der Waals surface area (Å²) in [6.07, 6.45) is 2.14. The second-order valence-corrected chi connectivity index (χ2v) is 6.45. The monoisotopic (exact) mass is 310 g/mol. The third-order valence-electron chi connectivity index (χ3n) is 3.54. The number of halogens is 2. The van der Waals surface area contributed by atoms with Crippen molar-refractivity contribution in [3.05, 3.63) is 32.9 Å². The van der Waals surface area contributed by atoms with E-state index in [1.165, 1.54) is 5.56 Å². The minimum absolute atomic E-state index is 0.167. The van der Waals surface area contributed by atoms with Crippen molar-refractivity contribution in [1.82, 2.24) is 10.2 Å². The fraction of sp³-hybridized carbons (Fsp3) is 0.385. The highest BCUT2D eigenvalue weighted by Crippen LogP contribution is 2.42. The number of aromatic nitrogens is 2. The van der Waals surface area contributed by atoms with Gasteiger partial charge in [-0.25, -0.2) is 0 Å². The van der Waals surface area contributed by atoms with Crippen molar-refractivity contribution in [2.45, 2.75) is 32.1 Å². The second kappa shape index (κ2) is 3.66. The Bertz CT molecular complexity index is 622. The molecule has 0 bridgehead atoms. The molecule has 0 fully saturated rings. The van der Waals surface area contributed by atoms with Crippen LogP contribution < -0.4 is 0 Å². The predicted octanol–water partition coefficient (Wildman–Crippen LogP) is 4.27. The van der Waals surface area contributed by atoms with Crippen LogP contribution >= 0.6 is 27.5 Å². The Morgan fingerprint density at radius 1 is 1.29 bits per heavy atom. The third kappa shape index (κ3) is 1.67. The molecule has 0 saturated heterocycles. The van der Waals surface area contributed by atoms with Crippen LogP contribution in [0.2, 0.25) is 5.02 Å². The lowest BCUT2D eigenvalue weighted by Crippen LogP contribution is -2.13. The lowest BCUT2D eigenvalue weighted by molar-refractivity contribution is 0.525. The zero-order valence-electron chi connectivity index (χ0n) is 9.72. The number of fused-ring (bicyclic) bond motifs is 3. The molecule has 1 aromatic heterocycles. The summed E-state index contributed by atoms with van der Waals surface area (Å²) in [6.45, 7) is 4.52. The normalized spacial score (nSPS) is 17.4. The van der Waals surface area contributed by atoms with E-state index in [9.17, 15) is 0 Å². The first-order valence-electron chi connectivity index (χ1n) is 5.64. The smallest absolute Gasteiger partial charge is 0.0945 e. The second-order valence-electron chi connectivity index (χ2n) is 5.19. The van der Waals surface area contributed by atoms with Gasteiger partial charge in [-0.05, 0) is 51.9 Å². The first-order chi connectivity index (χ1) is 7.99. The molecular weight excluding hydrogens is 300 g/mol. The van der Waals surface area contributed by atoms with E-state index in [-0.39, 0.29) is 5.41 Å². The fourth-order valence-corrected chi connectivity index (χ4v) is 3.12. The third-order valence-corrected chi connectivity index (χ3v) is 4.74. The quantitative estimate of drug-likeness (QED) is 0.726. The van der Waals surface area contributed by atoms with E-state index in [2.05, 4.69) is 40.0 Å². The Morgan fingerprint density at radius 3 is 2.82 bits per heavy atom. The minimum atomic E-state index is 0.167. The summed E-state index contributed by atoms with van der Waals surface area (Å²) < 4.78 is 0.872. The van der Waals surface area contributed by atoms with Crippen LogP contribution in [-0.2, 0) is 11.8 Å². The molecule has 2 nitrogen and oxygen atoms in total. The van der Waals surface area contributed by atoms with Crippen molar-refractivity contribution in [2.24, 2.45) is 0 Å². The highest BCUT2D eigenvalue weighted by molar-refractivity contribution is 9.10. The highest BCUT2D eigenvalue weighted by atomic mass is 79.9. The molecule has 0 radical (unpaired) electrons. The Balaban J connectivity index is 2.42. The molecule has 0 amide bonds. The average Bonchev–Trinajstić information content (AvgIpc) is 2.57. The summed E-state index contributed by atoms with van der Waals surface area (Å²) >= 11 is 9.61. The molecule has 1 aromatic carbocycles. The number of nitrogens with zero attached hydrogens (tertiary/aromatic N) is 2. The van der Waals surface area contributed by atoms with Gasteiger partial charge in [0, 0.05) is 9.86 Å². The van der Waals surface area contributed by atoms with Crippen molar-refractivity contribution in [1.29, 1.82) is 0 Å². The molecule has 0 aliphatic heterocycles. The zero-order chi connectivity index (χ0) is 12.2. The average molecular weight is 312 g/mol. The molecule has 3 rings (SSSR count). The zero-order valence-corrected chi connectivity index (χ0v) is 12.1. The van der Waals surface area contributed by atoms with E-state index in [1.54, 1.807) is 0 Å². The van der Waals surface area contributed by atoms with Crippen LogP contribution in [0.3, 0.4) is 0 Å². The molecule has 88 valence electrons. The Labute approximate surface area is 114 Å². The lowest BCUT2D eigenvalue weighted by atomic mass is 9.85. The van der Waals surface area contributed by atoms with Gasteiger partial charge >= 0.3 is 0 Å². The Kier molecular flexibility index (Phi) is 2.46. The number of rotatable bonds is 0. The largest absolute Gasteiger partial charge is 0.155 e. The maximum Gasteiger partial charge on any atom is 0.0945 e. The first-order valence-corrected chi connectivity index (χ1v) is 6.81. The van der Waals surface area contributed by atoms with E-state index < -0.39 is 0 Å². The molecule has 4 heteroatoms. The number of hydrogen-bond donors (Lipinski definition) is 0. The summed E-state index contributed by atoms with van der Waals surface area (Å²) in [6, 6.07) is 3.95. The van der Waals surface area contributed by atoms with E-state index in [0.29, 0.717) is 0 Å². The van der Waals surface area contributed by atoms with Gasteiger partial charge in [0.05, 0.1) is 16.2 Å². The van der Waals surface area contributed by atoms with Crippen molar-refractivity contribution >= 4 is 38.4 Å². The molecular formula is C13H12BrClN2.